The molecule has 10 rings (SSSR count). The highest BCUT2D eigenvalue weighted by atomic mass is 16.5. The topological polar surface area (TPSA) is 87.3 Å². The Labute approximate surface area is 349 Å². The van der Waals surface area contributed by atoms with Gasteiger partial charge in [0.05, 0.1) is 18.7 Å². The van der Waals surface area contributed by atoms with Crippen LogP contribution < -0.4 is 4.74 Å². The number of likely N-dealkylation sites (tertiary alicyclic amines) is 1. The molecule has 0 saturated carbocycles. The zero-order valence-corrected chi connectivity index (χ0v) is 33.4. The Hall–Kier alpha value is -6.84. The molecule has 4 heterocycles. The van der Waals surface area contributed by atoms with Crippen molar-refractivity contribution < 1.29 is 14.3 Å². The van der Waals surface area contributed by atoms with Crippen LogP contribution in [0.15, 0.2) is 164 Å². The van der Waals surface area contributed by atoms with Gasteiger partial charge in [0, 0.05) is 24.0 Å². The molecule has 298 valence electrons. The first-order valence-electron chi connectivity index (χ1n) is 21.0. The summed E-state index contributed by atoms with van der Waals surface area (Å²) < 4.78 is 14.1. The van der Waals surface area contributed by atoms with Crippen molar-refractivity contribution in [1.29, 1.82) is 0 Å². The Morgan fingerprint density at radius 1 is 0.683 bits per heavy atom. The molecule has 9 nitrogen and oxygen atoms in total. The third-order valence-electron chi connectivity index (χ3n) is 12.2. The van der Waals surface area contributed by atoms with Gasteiger partial charge in [-0.25, -0.2) is 4.79 Å². The number of carbonyl (C=O) groups is 1. The van der Waals surface area contributed by atoms with E-state index in [4.69, 9.17) is 24.9 Å². The maximum Gasteiger partial charge on any atom is 0.344 e. The largest absolute Gasteiger partial charge is 0.478 e. The number of aryl methyl sites for hydroxylation is 1. The summed E-state index contributed by atoms with van der Waals surface area (Å²) in [6.07, 6.45) is 2.90. The molecule has 0 atom stereocenters. The summed E-state index contributed by atoms with van der Waals surface area (Å²) in [6, 6.07) is 56.4. The van der Waals surface area contributed by atoms with Crippen molar-refractivity contribution in [3.05, 3.63) is 192 Å². The number of esters is 1. The van der Waals surface area contributed by atoms with Gasteiger partial charge in [-0.2, -0.15) is 0 Å². The number of aromatic nitrogens is 5. The van der Waals surface area contributed by atoms with E-state index >= 15 is 0 Å². The lowest BCUT2D eigenvalue weighted by atomic mass is 9.77. The third-order valence-corrected chi connectivity index (χ3v) is 12.2. The highest BCUT2D eigenvalue weighted by Crippen LogP contribution is 2.41. The predicted octanol–water partition coefficient (Wildman–Crippen LogP) is 9.65. The van der Waals surface area contributed by atoms with E-state index < -0.39 is 5.54 Å². The lowest BCUT2D eigenvalue weighted by Crippen LogP contribution is -2.39. The fraction of sp³-hybridized carbons (Fsp3) is 0.216. The fourth-order valence-electron chi connectivity index (χ4n) is 9.14. The molecular formula is C51H46N6O3. The number of benzene rings is 6. The monoisotopic (exact) mass is 790 g/mol. The van der Waals surface area contributed by atoms with E-state index in [1.165, 1.54) is 5.56 Å². The number of piperidine rings is 1. The maximum absolute atomic E-state index is 13.4. The van der Waals surface area contributed by atoms with Gasteiger partial charge in [-0.15, -0.1) is 15.0 Å². The summed E-state index contributed by atoms with van der Waals surface area (Å²) >= 11 is 0. The number of hydrogen-bond donors (Lipinski definition) is 0. The number of fused-ring (bicyclic) bond motifs is 3. The van der Waals surface area contributed by atoms with Crippen LogP contribution in [-0.4, -0.2) is 61.9 Å². The van der Waals surface area contributed by atoms with Crippen molar-refractivity contribution in [2.24, 2.45) is 5.92 Å². The Kier molecular flexibility index (Phi) is 10.2. The molecule has 6 aromatic carbocycles. The van der Waals surface area contributed by atoms with E-state index in [-0.39, 0.29) is 5.97 Å². The maximum atomic E-state index is 13.4. The molecule has 1 saturated heterocycles. The van der Waals surface area contributed by atoms with Crippen LogP contribution in [0.3, 0.4) is 0 Å². The zero-order valence-electron chi connectivity index (χ0n) is 33.4. The molecule has 0 radical (unpaired) electrons. The second-order valence-electron chi connectivity index (χ2n) is 15.8. The second-order valence-corrected chi connectivity index (χ2v) is 15.8. The first-order valence-corrected chi connectivity index (χ1v) is 21.0. The van der Waals surface area contributed by atoms with Crippen molar-refractivity contribution in [2.75, 3.05) is 26.3 Å². The fourth-order valence-corrected chi connectivity index (χ4v) is 9.14. The van der Waals surface area contributed by atoms with Gasteiger partial charge in [0.15, 0.2) is 5.54 Å². The lowest BCUT2D eigenvalue weighted by Gasteiger charge is -2.34. The number of nitrogens with zero attached hydrogens (tertiary/aromatic N) is 6. The number of hydrogen-bond acceptors (Lipinski definition) is 7. The van der Waals surface area contributed by atoms with E-state index in [2.05, 4.69) is 125 Å². The molecule has 9 heteroatoms. The minimum absolute atomic E-state index is 0.286. The smallest absolute Gasteiger partial charge is 0.344 e. The van der Waals surface area contributed by atoms with Gasteiger partial charge < -0.3 is 14.0 Å². The number of ether oxygens (including phenoxy) is 2. The summed E-state index contributed by atoms with van der Waals surface area (Å²) in [5.74, 6) is 1.25. The second kappa shape index (κ2) is 16.4. The van der Waals surface area contributed by atoms with Crippen LogP contribution in [-0.2, 0) is 23.4 Å². The molecule has 2 aliphatic rings. The highest BCUT2D eigenvalue weighted by molar-refractivity contribution is 6.07. The average molecular weight is 791 g/mol. The van der Waals surface area contributed by atoms with Crippen LogP contribution in [0.2, 0.25) is 0 Å². The summed E-state index contributed by atoms with van der Waals surface area (Å²) in [5.41, 5.74) is 8.17. The van der Waals surface area contributed by atoms with E-state index in [1.807, 2.05) is 48.5 Å². The minimum atomic E-state index is -0.849. The van der Waals surface area contributed by atoms with Gasteiger partial charge in [-0.3, -0.25) is 4.90 Å². The van der Waals surface area contributed by atoms with E-state index in [9.17, 15) is 4.79 Å². The van der Waals surface area contributed by atoms with Crippen LogP contribution in [0.1, 0.15) is 51.9 Å². The van der Waals surface area contributed by atoms with Gasteiger partial charge in [0.1, 0.15) is 5.56 Å². The molecular weight excluding hydrogens is 745 g/mol. The van der Waals surface area contributed by atoms with E-state index in [1.54, 1.807) is 4.80 Å². The van der Waals surface area contributed by atoms with Gasteiger partial charge in [0.2, 0.25) is 11.7 Å². The van der Waals surface area contributed by atoms with Crippen molar-refractivity contribution in [2.45, 2.75) is 37.9 Å². The van der Waals surface area contributed by atoms with Crippen LogP contribution in [0.25, 0.3) is 33.4 Å². The van der Waals surface area contributed by atoms with E-state index in [0.29, 0.717) is 36.4 Å². The SMILES string of the molecule is O=C(OCC1CCN(Cc2ccc(-c3ccccc3-c3nnn(C(c4ccccc4)(c4ccccc4)c4ccccc4)n3)cc2)CC1)c1c2n(c3ccccc13)CCCO2. The lowest BCUT2D eigenvalue weighted by molar-refractivity contribution is 0.0365. The van der Waals surface area contributed by atoms with Gasteiger partial charge in [-0.05, 0) is 82.9 Å². The van der Waals surface area contributed by atoms with Crippen molar-refractivity contribution in [3.8, 4) is 28.4 Å². The molecule has 0 bridgehead atoms. The van der Waals surface area contributed by atoms with Crippen molar-refractivity contribution in [1.82, 2.24) is 29.7 Å². The Bertz CT molecular complexity index is 2620. The van der Waals surface area contributed by atoms with Crippen LogP contribution in [0.5, 0.6) is 5.88 Å². The van der Waals surface area contributed by atoms with Crippen LogP contribution >= 0.6 is 0 Å². The number of tetrazole rings is 1. The van der Waals surface area contributed by atoms with E-state index in [0.717, 1.165) is 89.7 Å². The zero-order chi connectivity index (χ0) is 40.3. The molecule has 2 aliphatic heterocycles. The summed E-state index contributed by atoms with van der Waals surface area (Å²) in [4.78, 5) is 17.7. The number of carbonyl (C=O) groups excluding carboxylic acids is 1. The van der Waals surface area contributed by atoms with Gasteiger partial charge >= 0.3 is 5.97 Å². The Morgan fingerprint density at radius 2 is 1.28 bits per heavy atom. The quantitative estimate of drug-likeness (QED) is 0.0953. The van der Waals surface area contributed by atoms with Crippen molar-refractivity contribution >= 4 is 16.9 Å². The molecule has 0 aliphatic carbocycles. The highest BCUT2D eigenvalue weighted by Gasteiger charge is 2.41. The first-order chi connectivity index (χ1) is 29.7. The molecule has 0 N–H and O–H groups in total. The molecule has 1 fully saturated rings. The summed E-state index contributed by atoms with van der Waals surface area (Å²) in [6.45, 7) is 4.67. The van der Waals surface area contributed by atoms with Crippen LogP contribution in [0.4, 0.5) is 0 Å². The van der Waals surface area contributed by atoms with Gasteiger partial charge in [0.25, 0.3) is 0 Å². The number of para-hydroxylation sites is 1. The molecule has 8 aromatic rings. The molecule has 2 aromatic heterocycles. The number of rotatable bonds is 11. The summed E-state index contributed by atoms with van der Waals surface area (Å²) in [5, 5.41) is 15.6. The molecule has 60 heavy (non-hydrogen) atoms. The normalized spacial score (nSPS) is 14.7. The molecule has 0 spiro atoms. The van der Waals surface area contributed by atoms with Gasteiger partial charge in [-0.1, -0.05) is 158 Å². The summed E-state index contributed by atoms with van der Waals surface area (Å²) in [7, 11) is 0. The molecule has 0 amide bonds. The third kappa shape index (κ3) is 6.94. The van der Waals surface area contributed by atoms with Crippen LogP contribution in [0, 0.1) is 5.92 Å². The Balaban J connectivity index is 0.830. The van der Waals surface area contributed by atoms with Crippen molar-refractivity contribution in [3.63, 3.8) is 0 Å². The standard InChI is InChI=1S/C51H46N6O3/c58-50(47-45-23-12-13-24-46(45)56-31-14-34-59-49(47)56)60-36-38-29-32-55(33-30-38)35-37-25-27-39(28-26-37)43-21-10-11-22-44(43)48-52-54-57(53-48)51(40-15-4-1-5-16-40,41-17-6-2-7-18-41)42-19-8-3-9-20-42/h1-13,15-28,38H,14,29-36H2. The average Bonchev–Trinajstić information content (AvgIpc) is 3.94. The predicted molar refractivity (Wildman–Crippen MR) is 234 cm³/mol. The minimum Gasteiger partial charge on any atom is -0.478 e. The Morgan fingerprint density at radius 3 is 1.95 bits per heavy atom. The molecule has 0 unspecified atom stereocenters. The first kappa shape index (κ1) is 37.4.